The van der Waals surface area contributed by atoms with Crippen LogP contribution in [-0.2, 0) is 14.3 Å². The maximum atomic E-state index is 13.3. The van der Waals surface area contributed by atoms with Crippen LogP contribution in [0.5, 0.6) is 0 Å². The van der Waals surface area contributed by atoms with Crippen molar-refractivity contribution in [2.75, 3.05) is 6.61 Å². The van der Waals surface area contributed by atoms with Gasteiger partial charge in [-0.3, -0.25) is 9.59 Å². The second-order valence-corrected chi connectivity index (χ2v) is 19.7. The van der Waals surface area contributed by atoms with Gasteiger partial charge in [0, 0.05) is 6.42 Å². The summed E-state index contributed by atoms with van der Waals surface area (Å²) in [7, 11) is 0. The maximum absolute atomic E-state index is 13.3. The minimum absolute atomic E-state index is 0.0340. The van der Waals surface area contributed by atoms with Crippen molar-refractivity contribution in [1.82, 2.24) is 5.32 Å². The van der Waals surface area contributed by atoms with Gasteiger partial charge in [-0.1, -0.05) is 260 Å². The molecule has 0 radical (unpaired) electrons. The fraction of sp³-hybridized carbons (Fsp3) is 0.746. The van der Waals surface area contributed by atoms with E-state index in [1.54, 1.807) is 0 Å². The largest absolute Gasteiger partial charge is 0.462 e. The molecule has 0 aliphatic rings. The number of carbonyl (C=O) groups is 2. The van der Waals surface area contributed by atoms with E-state index in [0.29, 0.717) is 25.7 Å². The Morgan fingerprint density at radius 1 is 0.449 bits per heavy atom. The van der Waals surface area contributed by atoms with E-state index in [1.165, 1.54) is 135 Å². The first-order valence-electron chi connectivity index (χ1n) is 29.3. The number of carbonyl (C=O) groups excluding carboxylic acids is 2. The van der Waals surface area contributed by atoms with Gasteiger partial charge in [-0.15, -0.1) is 0 Å². The van der Waals surface area contributed by atoms with E-state index in [0.717, 1.165) is 89.9 Å². The van der Waals surface area contributed by atoms with Gasteiger partial charge in [0.15, 0.2) is 0 Å². The Hall–Kier alpha value is -2.96. The topological polar surface area (TPSA) is 95.9 Å². The number of amides is 1. The van der Waals surface area contributed by atoms with Crippen molar-refractivity contribution in [3.8, 4) is 0 Å². The van der Waals surface area contributed by atoms with Crippen LogP contribution in [-0.4, -0.2) is 46.9 Å². The lowest BCUT2D eigenvalue weighted by atomic mass is 10.0. The zero-order valence-corrected chi connectivity index (χ0v) is 45.4. The number of unbranched alkanes of at least 4 members (excludes halogenated alkanes) is 27. The lowest BCUT2D eigenvalue weighted by Gasteiger charge is -2.24. The monoisotopic (exact) mass is 962 g/mol. The molecule has 0 fully saturated rings. The summed E-state index contributed by atoms with van der Waals surface area (Å²) in [4.78, 5) is 26.3. The summed E-state index contributed by atoms with van der Waals surface area (Å²) in [5.74, 6) is -0.567. The quantitative estimate of drug-likeness (QED) is 0.0244. The van der Waals surface area contributed by atoms with Crippen LogP contribution in [0.15, 0.2) is 85.1 Å². The number of hydrogen-bond donors (Lipinski definition) is 3. The zero-order valence-electron chi connectivity index (χ0n) is 45.4. The lowest BCUT2D eigenvalue weighted by Crippen LogP contribution is -2.46. The van der Waals surface area contributed by atoms with Gasteiger partial charge in [-0.05, 0) is 89.9 Å². The predicted octanol–water partition coefficient (Wildman–Crippen LogP) is 18.3. The number of ether oxygens (including phenoxy) is 1. The lowest BCUT2D eigenvalue weighted by molar-refractivity contribution is -0.151. The number of aliphatic hydroxyl groups is 2. The summed E-state index contributed by atoms with van der Waals surface area (Å²) in [5.41, 5.74) is 0. The fourth-order valence-electron chi connectivity index (χ4n) is 8.58. The molecule has 3 unspecified atom stereocenters. The Bertz CT molecular complexity index is 1310. The normalized spacial score (nSPS) is 13.8. The van der Waals surface area contributed by atoms with E-state index in [1.807, 2.05) is 0 Å². The van der Waals surface area contributed by atoms with Crippen LogP contribution >= 0.6 is 0 Å². The van der Waals surface area contributed by atoms with Crippen molar-refractivity contribution in [3.63, 3.8) is 0 Å². The second kappa shape index (κ2) is 56.0. The van der Waals surface area contributed by atoms with E-state index in [-0.39, 0.29) is 24.9 Å². The zero-order chi connectivity index (χ0) is 50.2. The van der Waals surface area contributed by atoms with Crippen molar-refractivity contribution in [1.29, 1.82) is 0 Å². The Labute approximate surface area is 427 Å². The summed E-state index contributed by atoms with van der Waals surface area (Å²) < 4.78 is 5.92. The van der Waals surface area contributed by atoms with E-state index in [4.69, 9.17) is 4.74 Å². The predicted molar refractivity (Wildman–Crippen MR) is 301 cm³/mol. The molecule has 0 aliphatic heterocycles. The molecule has 0 aromatic carbocycles. The van der Waals surface area contributed by atoms with Crippen molar-refractivity contribution < 1.29 is 24.5 Å². The molecule has 0 bridgehead atoms. The molecule has 0 aromatic rings. The van der Waals surface area contributed by atoms with Crippen molar-refractivity contribution in [2.45, 2.75) is 296 Å². The average Bonchev–Trinajstić information content (AvgIpc) is 3.34. The Balaban J connectivity index is 4.68. The molecule has 0 heterocycles. The highest BCUT2D eigenvalue weighted by Crippen LogP contribution is 2.18. The van der Waals surface area contributed by atoms with Crippen LogP contribution in [0.3, 0.4) is 0 Å². The molecule has 1 amide bonds. The summed E-state index contributed by atoms with van der Waals surface area (Å²) in [6.45, 7) is 6.37. The molecule has 0 aromatic heterocycles. The third-order valence-electron chi connectivity index (χ3n) is 13.0. The Kier molecular flexibility index (Phi) is 53.6. The summed E-state index contributed by atoms with van der Waals surface area (Å²) >= 11 is 0. The number of hydrogen-bond acceptors (Lipinski definition) is 5. The van der Waals surface area contributed by atoms with E-state index >= 15 is 0 Å². The summed E-state index contributed by atoms with van der Waals surface area (Å²) in [6, 6.07) is -0.727. The summed E-state index contributed by atoms with van der Waals surface area (Å²) in [5, 5.41) is 23.9. The van der Waals surface area contributed by atoms with Crippen LogP contribution in [0.4, 0.5) is 0 Å². The van der Waals surface area contributed by atoms with Gasteiger partial charge in [0.05, 0.1) is 25.2 Å². The van der Waals surface area contributed by atoms with E-state index in [2.05, 4.69) is 111 Å². The number of allylic oxidation sites excluding steroid dienone is 14. The maximum Gasteiger partial charge on any atom is 0.306 e. The molecule has 0 spiro atoms. The number of aliphatic hydroxyl groups excluding tert-OH is 2. The first kappa shape index (κ1) is 66.0. The molecule has 398 valence electrons. The molecule has 3 atom stereocenters. The van der Waals surface area contributed by atoms with Gasteiger partial charge in [-0.2, -0.15) is 0 Å². The highest BCUT2D eigenvalue weighted by Gasteiger charge is 2.24. The molecule has 0 saturated heterocycles. The average molecular weight is 963 g/mol. The Morgan fingerprint density at radius 2 is 0.826 bits per heavy atom. The number of rotatable bonds is 52. The third-order valence-corrected chi connectivity index (χ3v) is 13.0. The smallest absolute Gasteiger partial charge is 0.306 e. The van der Waals surface area contributed by atoms with Gasteiger partial charge in [0.25, 0.3) is 0 Å². The van der Waals surface area contributed by atoms with Gasteiger partial charge >= 0.3 is 5.97 Å². The molecular formula is C63H111NO5. The Morgan fingerprint density at radius 3 is 1.28 bits per heavy atom. The second-order valence-electron chi connectivity index (χ2n) is 19.7. The highest BCUT2D eigenvalue weighted by atomic mass is 16.5. The third kappa shape index (κ3) is 51.2. The van der Waals surface area contributed by atoms with Crippen molar-refractivity contribution in [2.24, 2.45) is 0 Å². The molecule has 0 saturated carbocycles. The molecular weight excluding hydrogens is 851 g/mol. The molecule has 6 nitrogen and oxygen atoms in total. The summed E-state index contributed by atoms with van der Waals surface area (Å²) in [6.07, 6.45) is 73.7. The van der Waals surface area contributed by atoms with E-state index in [9.17, 15) is 19.8 Å². The fourth-order valence-corrected chi connectivity index (χ4v) is 8.58. The molecule has 3 N–H and O–H groups in total. The molecule has 69 heavy (non-hydrogen) atoms. The number of nitrogens with one attached hydrogen (secondary N) is 1. The highest BCUT2D eigenvalue weighted by molar-refractivity contribution is 5.77. The first-order valence-corrected chi connectivity index (χ1v) is 29.3. The van der Waals surface area contributed by atoms with Crippen molar-refractivity contribution >= 4 is 11.9 Å². The van der Waals surface area contributed by atoms with Gasteiger partial charge in [-0.25, -0.2) is 0 Å². The van der Waals surface area contributed by atoms with Crippen LogP contribution < -0.4 is 5.32 Å². The van der Waals surface area contributed by atoms with Crippen molar-refractivity contribution in [3.05, 3.63) is 85.1 Å². The number of esters is 1. The van der Waals surface area contributed by atoms with Gasteiger partial charge < -0.3 is 20.3 Å². The van der Waals surface area contributed by atoms with Gasteiger partial charge in [0.2, 0.25) is 5.91 Å². The van der Waals surface area contributed by atoms with Crippen LogP contribution in [0.2, 0.25) is 0 Å². The molecule has 0 aliphatic carbocycles. The van der Waals surface area contributed by atoms with Gasteiger partial charge in [0.1, 0.15) is 6.10 Å². The SMILES string of the molecule is CC/C=C\C/C=C\C/C=C\C/C=C\C/C=C\CCCC(=O)OC(CCCCC/C=C/C=C/CCCCCCCCC)CC(=O)NC(CO)C(O)CCCCCCCCCCCCCCCCCCC. The van der Waals surface area contributed by atoms with E-state index < -0.39 is 18.2 Å². The minimum atomic E-state index is -0.810. The minimum Gasteiger partial charge on any atom is -0.462 e. The standard InChI is InChI=1S/C63H111NO5/c1-4-7-10-13-16-19-22-25-28-31-34-37-40-43-46-49-52-55-61(66)60(58-65)64-62(67)57-59(54-51-48-45-42-39-36-33-30-27-24-21-18-15-12-9-6-3)69-63(68)56-53-50-47-44-41-38-35-32-29-26-23-20-17-14-11-8-5-2/h8,11,17,20,26,29-30,33,35-36,38-39,44,47,59-61,65-66H,4-7,9-10,12-16,18-19,21-25,27-28,31-32,34,37,40-43,45-46,48-58H2,1-3H3,(H,64,67)/b11-8-,20-17-,29-26-,33-30+,38-35-,39-36+,47-44-. The van der Waals surface area contributed by atoms with Crippen LogP contribution in [0.1, 0.15) is 278 Å². The van der Waals surface area contributed by atoms with Crippen LogP contribution in [0.25, 0.3) is 0 Å². The molecule has 0 rings (SSSR count). The molecule has 6 heteroatoms. The first-order chi connectivity index (χ1) is 34.0. The van der Waals surface area contributed by atoms with Crippen LogP contribution in [0, 0.1) is 0 Å².